The Morgan fingerprint density at radius 2 is 2.00 bits per heavy atom. The first kappa shape index (κ1) is 14.9. The molecule has 0 aromatic heterocycles. The van der Waals surface area contributed by atoms with Gasteiger partial charge >= 0.3 is 0 Å². The zero-order chi connectivity index (χ0) is 13.9. The van der Waals surface area contributed by atoms with Crippen molar-refractivity contribution < 1.29 is 0 Å². The summed E-state index contributed by atoms with van der Waals surface area (Å²) in [6.45, 7) is 10.2. The molecule has 2 heteroatoms. The third-order valence-electron chi connectivity index (χ3n) is 4.16. The molecule has 0 saturated heterocycles. The molecule has 1 unspecified atom stereocenters. The van der Waals surface area contributed by atoms with Crippen molar-refractivity contribution in [3.8, 4) is 0 Å². The van der Waals surface area contributed by atoms with Crippen molar-refractivity contribution in [2.75, 3.05) is 6.54 Å². The summed E-state index contributed by atoms with van der Waals surface area (Å²) in [6.07, 6.45) is 5.07. The number of benzene rings is 1. The van der Waals surface area contributed by atoms with Crippen molar-refractivity contribution in [3.05, 3.63) is 29.3 Å². The summed E-state index contributed by atoms with van der Waals surface area (Å²) in [5.41, 5.74) is 3.41. The van der Waals surface area contributed by atoms with Crippen LogP contribution in [-0.4, -0.2) is 17.3 Å². The molecule has 1 nitrogen and oxygen atoms in total. The van der Waals surface area contributed by atoms with Crippen LogP contribution >= 0.6 is 11.8 Å². The van der Waals surface area contributed by atoms with Gasteiger partial charge in [0, 0.05) is 22.2 Å². The second kappa shape index (κ2) is 6.32. The van der Waals surface area contributed by atoms with E-state index in [0.717, 1.165) is 6.54 Å². The minimum Gasteiger partial charge on any atom is -0.311 e. The first-order chi connectivity index (χ1) is 9.00. The van der Waals surface area contributed by atoms with Gasteiger partial charge in [-0.1, -0.05) is 19.9 Å². The van der Waals surface area contributed by atoms with Gasteiger partial charge in [-0.3, -0.25) is 0 Å². The van der Waals surface area contributed by atoms with Gasteiger partial charge < -0.3 is 5.32 Å². The molecule has 0 spiro atoms. The highest BCUT2D eigenvalue weighted by molar-refractivity contribution is 8.00. The fourth-order valence-corrected chi connectivity index (χ4v) is 3.43. The lowest BCUT2D eigenvalue weighted by atomic mass is 10.0. The van der Waals surface area contributed by atoms with E-state index >= 15 is 0 Å². The number of thioether (sulfide) groups is 1. The zero-order valence-corrected chi connectivity index (χ0v) is 13.6. The summed E-state index contributed by atoms with van der Waals surface area (Å²) < 4.78 is 0. The van der Waals surface area contributed by atoms with Crippen LogP contribution in [0.1, 0.15) is 51.7 Å². The number of rotatable bonds is 6. The number of aryl methyl sites for hydroxylation is 2. The van der Waals surface area contributed by atoms with E-state index in [9.17, 15) is 0 Å². The lowest BCUT2D eigenvalue weighted by Crippen LogP contribution is -2.41. The second-order valence-electron chi connectivity index (χ2n) is 6.33. The van der Waals surface area contributed by atoms with E-state index in [2.05, 4.69) is 51.2 Å². The van der Waals surface area contributed by atoms with Gasteiger partial charge in [0.05, 0.1) is 0 Å². The van der Waals surface area contributed by atoms with Crippen LogP contribution in [0.2, 0.25) is 0 Å². The Morgan fingerprint density at radius 1 is 1.26 bits per heavy atom. The summed E-state index contributed by atoms with van der Waals surface area (Å²) in [7, 11) is 0. The molecule has 0 amide bonds. The molecule has 0 fully saturated rings. The molecule has 0 bridgehead atoms. The number of fused-ring (bicyclic) bond motifs is 1. The largest absolute Gasteiger partial charge is 0.311 e. The average Bonchev–Trinajstić information content (AvgIpc) is 2.84. The maximum Gasteiger partial charge on any atom is 0.0191 e. The SMILES string of the molecule is CCC(C)(C)NCC(C)Sc1ccc2c(c1)CCC2. The third-order valence-corrected chi connectivity index (χ3v) is 5.25. The van der Waals surface area contributed by atoms with Crippen LogP contribution in [0.4, 0.5) is 0 Å². The number of hydrogen-bond donors (Lipinski definition) is 1. The van der Waals surface area contributed by atoms with Crippen LogP contribution < -0.4 is 5.32 Å². The monoisotopic (exact) mass is 277 g/mol. The first-order valence-corrected chi connectivity index (χ1v) is 8.41. The molecule has 1 aliphatic carbocycles. The summed E-state index contributed by atoms with van der Waals surface area (Å²) in [6, 6.07) is 7.05. The standard InChI is InChI=1S/C17H27NS/c1-5-17(3,4)18-12-13(2)19-16-10-9-14-7-6-8-15(14)11-16/h9-11,13,18H,5-8,12H2,1-4H3. The molecule has 1 atom stereocenters. The molecule has 106 valence electrons. The van der Waals surface area contributed by atoms with Crippen LogP contribution in [0, 0.1) is 0 Å². The van der Waals surface area contributed by atoms with Crippen LogP contribution in [0.5, 0.6) is 0 Å². The van der Waals surface area contributed by atoms with Crippen molar-refractivity contribution in [2.24, 2.45) is 0 Å². The molecule has 2 rings (SSSR count). The second-order valence-corrected chi connectivity index (χ2v) is 7.84. The topological polar surface area (TPSA) is 12.0 Å². The Kier molecular flexibility index (Phi) is 4.97. The van der Waals surface area contributed by atoms with E-state index in [1.165, 1.54) is 30.6 Å². The summed E-state index contributed by atoms with van der Waals surface area (Å²) in [5.74, 6) is 0. The normalized spacial score (nSPS) is 16.4. The molecule has 19 heavy (non-hydrogen) atoms. The van der Waals surface area contributed by atoms with Gasteiger partial charge in [0.1, 0.15) is 0 Å². The van der Waals surface area contributed by atoms with Crippen LogP contribution in [0.15, 0.2) is 23.1 Å². The Bertz CT molecular complexity index is 425. The van der Waals surface area contributed by atoms with Gasteiger partial charge in [0.2, 0.25) is 0 Å². The van der Waals surface area contributed by atoms with Crippen molar-refractivity contribution in [3.63, 3.8) is 0 Å². The van der Waals surface area contributed by atoms with Crippen LogP contribution in [-0.2, 0) is 12.8 Å². The van der Waals surface area contributed by atoms with Crippen molar-refractivity contribution in [1.29, 1.82) is 0 Å². The molecular formula is C17H27NS. The highest BCUT2D eigenvalue weighted by Crippen LogP contribution is 2.29. The molecular weight excluding hydrogens is 250 g/mol. The molecule has 0 aliphatic heterocycles. The van der Waals surface area contributed by atoms with Crippen molar-refractivity contribution in [1.82, 2.24) is 5.32 Å². The Labute approximate surface area is 122 Å². The predicted octanol–water partition coefficient (Wildman–Crippen LogP) is 4.43. The van der Waals surface area contributed by atoms with Gasteiger partial charge in [-0.25, -0.2) is 0 Å². The lowest BCUT2D eigenvalue weighted by Gasteiger charge is -2.26. The number of hydrogen-bond acceptors (Lipinski definition) is 2. The minimum absolute atomic E-state index is 0.257. The molecule has 0 radical (unpaired) electrons. The Morgan fingerprint density at radius 3 is 2.74 bits per heavy atom. The van der Waals surface area contributed by atoms with E-state index in [4.69, 9.17) is 0 Å². The van der Waals surface area contributed by atoms with E-state index < -0.39 is 0 Å². The first-order valence-electron chi connectivity index (χ1n) is 7.53. The zero-order valence-electron chi connectivity index (χ0n) is 12.8. The Balaban J connectivity index is 1.87. The molecule has 0 saturated carbocycles. The maximum atomic E-state index is 3.66. The maximum absolute atomic E-state index is 3.66. The molecule has 1 N–H and O–H groups in total. The highest BCUT2D eigenvalue weighted by Gasteiger charge is 2.16. The van der Waals surface area contributed by atoms with E-state index in [1.807, 2.05) is 11.8 Å². The summed E-state index contributed by atoms with van der Waals surface area (Å²) in [4.78, 5) is 1.43. The van der Waals surface area contributed by atoms with E-state index in [1.54, 1.807) is 11.1 Å². The number of nitrogens with one attached hydrogen (secondary N) is 1. The fourth-order valence-electron chi connectivity index (χ4n) is 2.44. The molecule has 1 aromatic rings. The van der Waals surface area contributed by atoms with E-state index in [0.29, 0.717) is 5.25 Å². The molecule has 0 heterocycles. The summed E-state index contributed by atoms with van der Waals surface area (Å²) in [5, 5.41) is 4.28. The minimum atomic E-state index is 0.257. The van der Waals surface area contributed by atoms with Crippen molar-refractivity contribution >= 4 is 11.8 Å². The van der Waals surface area contributed by atoms with Crippen LogP contribution in [0.3, 0.4) is 0 Å². The quantitative estimate of drug-likeness (QED) is 0.772. The fraction of sp³-hybridized carbons (Fsp3) is 0.647. The van der Waals surface area contributed by atoms with Crippen molar-refractivity contribution in [2.45, 2.75) is 69.1 Å². The van der Waals surface area contributed by atoms with Crippen LogP contribution in [0.25, 0.3) is 0 Å². The molecule has 1 aliphatic rings. The molecule has 1 aromatic carbocycles. The third kappa shape index (κ3) is 4.25. The lowest BCUT2D eigenvalue weighted by molar-refractivity contribution is 0.379. The average molecular weight is 277 g/mol. The van der Waals surface area contributed by atoms with Gasteiger partial charge in [-0.15, -0.1) is 11.8 Å². The highest BCUT2D eigenvalue weighted by atomic mass is 32.2. The van der Waals surface area contributed by atoms with Gasteiger partial charge in [0.25, 0.3) is 0 Å². The predicted molar refractivity (Wildman–Crippen MR) is 86.2 cm³/mol. The Hall–Kier alpha value is -0.470. The van der Waals surface area contributed by atoms with Gasteiger partial charge in [-0.05, 0) is 62.8 Å². The summed E-state index contributed by atoms with van der Waals surface area (Å²) >= 11 is 2.00. The van der Waals surface area contributed by atoms with E-state index in [-0.39, 0.29) is 5.54 Å². The van der Waals surface area contributed by atoms with Gasteiger partial charge in [0.15, 0.2) is 0 Å². The smallest absolute Gasteiger partial charge is 0.0191 e. The van der Waals surface area contributed by atoms with Gasteiger partial charge in [-0.2, -0.15) is 0 Å².